The van der Waals surface area contributed by atoms with Crippen molar-refractivity contribution in [2.75, 3.05) is 0 Å². The van der Waals surface area contributed by atoms with Gasteiger partial charge in [0.05, 0.1) is 16.6 Å². The van der Waals surface area contributed by atoms with Crippen LogP contribution in [0.4, 0.5) is 4.39 Å². The first kappa shape index (κ1) is 28.4. The number of aliphatic imine (C=N–C) groups is 1. The summed E-state index contributed by atoms with van der Waals surface area (Å²) in [5.74, 6) is -2.25. The van der Waals surface area contributed by atoms with Crippen molar-refractivity contribution in [3.05, 3.63) is 63.4 Å². The highest BCUT2D eigenvalue weighted by Gasteiger charge is 2.37. The molecule has 4 N–H and O–H groups in total. The molecule has 0 spiro atoms. The Balaban J connectivity index is 1.86. The van der Waals surface area contributed by atoms with Crippen LogP contribution in [0.15, 0.2) is 41.4 Å². The standard InChI is InChI=1S/C29H34Cl2FN3O3/c1-29(2,3)13-14-33-26(28(38)34-17-8-10-18(36)11-9-17)23(20-5-4-6-21(31)25(20)32)24-19-12-7-16(30)15-22(19)35-27(24)37/h4-7,12,14-15,17-18,23,26,35-37H,8-11,13H2,1-3H3,(H,34,38)/t17?,18?,23-,26-/m1/s1. The zero-order valence-corrected chi connectivity index (χ0v) is 23.3. The van der Waals surface area contributed by atoms with E-state index >= 15 is 4.39 Å². The zero-order chi connectivity index (χ0) is 27.6. The van der Waals surface area contributed by atoms with Gasteiger partial charge in [-0.05, 0) is 61.3 Å². The number of H-pyrrole nitrogens is 1. The molecule has 2 atom stereocenters. The quantitative estimate of drug-likeness (QED) is 0.240. The molecule has 4 rings (SSSR count). The molecule has 1 aliphatic rings. The molecule has 1 saturated carbocycles. The number of aromatic nitrogens is 1. The first-order valence-corrected chi connectivity index (χ1v) is 13.6. The summed E-state index contributed by atoms with van der Waals surface area (Å²) < 4.78 is 15.6. The summed E-state index contributed by atoms with van der Waals surface area (Å²) in [5.41, 5.74) is 0.956. The van der Waals surface area contributed by atoms with Gasteiger partial charge in [-0.25, -0.2) is 4.39 Å². The lowest BCUT2D eigenvalue weighted by Crippen LogP contribution is -2.45. The average Bonchev–Trinajstić information content (AvgIpc) is 3.16. The van der Waals surface area contributed by atoms with E-state index in [1.165, 1.54) is 6.07 Å². The highest BCUT2D eigenvalue weighted by atomic mass is 35.5. The maximum absolute atomic E-state index is 15.6. The van der Waals surface area contributed by atoms with E-state index in [9.17, 15) is 15.0 Å². The molecule has 1 aromatic heterocycles. The lowest BCUT2D eigenvalue weighted by molar-refractivity contribution is -0.123. The van der Waals surface area contributed by atoms with E-state index in [0.717, 1.165) is 0 Å². The number of aromatic amines is 1. The van der Waals surface area contributed by atoms with Crippen LogP contribution in [-0.4, -0.2) is 45.5 Å². The number of nitrogens with zero attached hydrogens (tertiary/aromatic N) is 1. The van der Waals surface area contributed by atoms with Crippen LogP contribution < -0.4 is 5.32 Å². The van der Waals surface area contributed by atoms with E-state index < -0.39 is 17.8 Å². The number of nitrogens with one attached hydrogen (secondary N) is 2. The van der Waals surface area contributed by atoms with Gasteiger partial charge in [0.1, 0.15) is 11.9 Å². The van der Waals surface area contributed by atoms with Gasteiger partial charge in [0, 0.05) is 34.1 Å². The van der Waals surface area contributed by atoms with Crippen LogP contribution in [0.1, 0.15) is 69.9 Å². The number of carbonyl (C=O) groups excluding carboxylic acids is 1. The molecule has 1 heterocycles. The molecule has 0 radical (unpaired) electrons. The summed E-state index contributed by atoms with van der Waals surface area (Å²) in [4.78, 5) is 21.5. The molecule has 1 amide bonds. The number of hydrogen-bond donors (Lipinski definition) is 4. The Morgan fingerprint density at radius 1 is 1.21 bits per heavy atom. The molecule has 2 aromatic carbocycles. The van der Waals surface area contributed by atoms with E-state index in [-0.39, 0.29) is 39.9 Å². The summed E-state index contributed by atoms with van der Waals surface area (Å²) in [6.45, 7) is 6.18. The Morgan fingerprint density at radius 2 is 1.92 bits per heavy atom. The van der Waals surface area contributed by atoms with Crippen molar-refractivity contribution in [2.24, 2.45) is 10.4 Å². The fourth-order valence-corrected chi connectivity index (χ4v) is 5.34. The van der Waals surface area contributed by atoms with Crippen molar-refractivity contribution in [1.29, 1.82) is 0 Å². The van der Waals surface area contributed by atoms with Gasteiger partial charge in [-0.3, -0.25) is 9.79 Å². The Kier molecular flexibility index (Phi) is 8.70. The second-order valence-electron chi connectivity index (χ2n) is 11.3. The van der Waals surface area contributed by atoms with Gasteiger partial charge in [-0.2, -0.15) is 0 Å². The topological polar surface area (TPSA) is 97.7 Å². The van der Waals surface area contributed by atoms with Crippen molar-refractivity contribution >= 4 is 46.2 Å². The molecule has 0 bridgehead atoms. The molecule has 0 unspecified atom stereocenters. The van der Waals surface area contributed by atoms with Crippen molar-refractivity contribution < 1.29 is 19.4 Å². The number of benzene rings is 2. The monoisotopic (exact) mass is 561 g/mol. The minimum Gasteiger partial charge on any atom is -0.494 e. The molecule has 1 aliphatic carbocycles. The third kappa shape index (κ3) is 6.50. The predicted molar refractivity (Wildman–Crippen MR) is 151 cm³/mol. The normalized spacial score (nSPS) is 20.1. The van der Waals surface area contributed by atoms with Crippen LogP contribution in [0, 0.1) is 11.2 Å². The van der Waals surface area contributed by atoms with Crippen LogP contribution in [0.2, 0.25) is 10.0 Å². The van der Waals surface area contributed by atoms with Gasteiger partial charge in [0.2, 0.25) is 5.91 Å². The highest BCUT2D eigenvalue weighted by Crippen LogP contribution is 2.43. The highest BCUT2D eigenvalue weighted by molar-refractivity contribution is 6.31. The maximum atomic E-state index is 15.6. The Labute approximate surface area is 232 Å². The van der Waals surface area contributed by atoms with Crippen LogP contribution in [0.3, 0.4) is 0 Å². The van der Waals surface area contributed by atoms with Gasteiger partial charge in [-0.1, -0.05) is 62.2 Å². The molecule has 38 heavy (non-hydrogen) atoms. The summed E-state index contributed by atoms with van der Waals surface area (Å²) in [6, 6.07) is 8.47. The lowest BCUT2D eigenvalue weighted by atomic mass is 9.83. The van der Waals surface area contributed by atoms with E-state index in [0.29, 0.717) is 53.6 Å². The first-order chi connectivity index (χ1) is 17.9. The Morgan fingerprint density at radius 3 is 2.61 bits per heavy atom. The number of aliphatic hydroxyl groups excluding tert-OH is 1. The molecule has 0 saturated heterocycles. The summed E-state index contributed by atoms with van der Waals surface area (Å²) in [6.07, 6.45) is 4.39. The van der Waals surface area contributed by atoms with Crippen molar-refractivity contribution in [3.63, 3.8) is 0 Å². The van der Waals surface area contributed by atoms with Crippen molar-refractivity contribution in [2.45, 2.75) is 77.0 Å². The number of amides is 1. The number of hydrogen-bond acceptors (Lipinski definition) is 4. The predicted octanol–water partition coefficient (Wildman–Crippen LogP) is 6.75. The number of aromatic hydroxyl groups is 1. The summed E-state index contributed by atoms with van der Waals surface area (Å²) in [7, 11) is 0. The number of fused-ring (bicyclic) bond motifs is 1. The van der Waals surface area contributed by atoms with E-state index in [2.05, 4.69) is 31.1 Å². The van der Waals surface area contributed by atoms with Gasteiger partial charge < -0.3 is 20.5 Å². The zero-order valence-electron chi connectivity index (χ0n) is 21.8. The van der Waals surface area contributed by atoms with E-state index in [1.807, 2.05) is 0 Å². The largest absolute Gasteiger partial charge is 0.494 e. The SMILES string of the molecule is CC(C)(C)CC=N[C@@H](C(=O)NC1CCC(O)CC1)[C@H](c1cccc(Cl)c1F)c1c(O)[nH]c2cc(Cl)ccc12. The van der Waals surface area contributed by atoms with Crippen LogP contribution in [0.25, 0.3) is 10.9 Å². The number of halogens is 3. The Bertz CT molecular complexity index is 1330. The molecular weight excluding hydrogens is 528 g/mol. The molecule has 6 nitrogen and oxygen atoms in total. The Hall–Kier alpha value is -2.61. The minimum absolute atomic E-state index is 0.0828. The molecule has 1 fully saturated rings. The van der Waals surface area contributed by atoms with E-state index in [4.69, 9.17) is 28.2 Å². The van der Waals surface area contributed by atoms with Crippen LogP contribution >= 0.6 is 23.2 Å². The van der Waals surface area contributed by atoms with Gasteiger partial charge in [0.15, 0.2) is 5.88 Å². The van der Waals surface area contributed by atoms with Crippen molar-refractivity contribution in [1.82, 2.24) is 10.3 Å². The number of aliphatic hydroxyl groups is 1. The molecule has 9 heteroatoms. The molecular formula is C29H34Cl2FN3O3. The van der Waals surface area contributed by atoms with Crippen molar-refractivity contribution in [3.8, 4) is 5.88 Å². The summed E-state index contributed by atoms with van der Waals surface area (Å²) in [5, 5.41) is 25.0. The first-order valence-electron chi connectivity index (χ1n) is 12.9. The summed E-state index contributed by atoms with van der Waals surface area (Å²) >= 11 is 12.4. The second-order valence-corrected chi connectivity index (χ2v) is 12.1. The molecule has 3 aromatic rings. The third-order valence-electron chi connectivity index (χ3n) is 7.00. The minimum atomic E-state index is -1.10. The van der Waals surface area contributed by atoms with E-state index in [1.54, 1.807) is 36.5 Å². The maximum Gasteiger partial charge on any atom is 0.245 e. The van der Waals surface area contributed by atoms with Gasteiger partial charge >= 0.3 is 0 Å². The number of rotatable bonds is 7. The fraction of sp³-hybridized carbons (Fsp3) is 0.448. The average molecular weight is 563 g/mol. The smallest absolute Gasteiger partial charge is 0.245 e. The van der Waals surface area contributed by atoms with Gasteiger partial charge in [0.25, 0.3) is 0 Å². The lowest BCUT2D eigenvalue weighted by Gasteiger charge is -2.30. The number of carbonyl (C=O) groups is 1. The van der Waals surface area contributed by atoms with Crippen LogP contribution in [0.5, 0.6) is 5.88 Å². The fourth-order valence-electron chi connectivity index (χ4n) is 4.99. The molecule has 0 aliphatic heterocycles. The van der Waals surface area contributed by atoms with Crippen LogP contribution in [-0.2, 0) is 4.79 Å². The molecule has 204 valence electrons. The second kappa shape index (κ2) is 11.6. The van der Waals surface area contributed by atoms with Gasteiger partial charge in [-0.15, -0.1) is 0 Å². The third-order valence-corrected chi connectivity index (χ3v) is 7.53.